The molecule has 0 amide bonds. The first-order valence-electron chi connectivity index (χ1n) is 5.35. The van der Waals surface area contributed by atoms with Crippen LogP contribution in [0.1, 0.15) is 40.4 Å². The van der Waals surface area contributed by atoms with Crippen molar-refractivity contribution in [3.8, 4) is 5.75 Å². The van der Waals surface area contributed by atoms with Crippen LogP contribution in [0.15, 0.2) is 6.07 Å². The Kier molecular flexibility index (Phi) is 2.54. The van der Waals surface area contributed by atoms with E-state index >= 15 is 0 Å². The highest BCUT2D eigenvalue weighted by atomic mass is 16.5. The number of hydrogen-bond acceptors (Lipinski definition) is 3. The maximum atomic E-state index is 11.5. The Labute approximate surface area is 94.4 Å². The molecule has 0 atom stereocenters. The zero-order valence-electron chi connectivity index (χ0n) is 9.72. The number of ketones is 1. The van der Waals surface area contributed by atoms with Crippen LogP contribution in [0.2, 0.25) is 0 Å². The molecule has 0 fully saturated rings. The number of esters is 1. The normalized spacial score (nSPS) is 12.8. The molecule has 3 heteroatoms. The van der Waals surface area contributed by atoms with Crippen molar-refractivity contribution < 1.29 is 14.3 Å². The van der Waals surface area contributed by atoms with Crippen molar-refractivity contribution in [2.75, 3.05) is 0 Å². The van der Waals surface area contributed by atoms with E-state index in [-0.39, 0.29) is 11.8 Å². The van der Waals surface area contributed by atoms with Gasteiger partial charge in [0.2, 0.25) is 0 Å². The highest BCUT2D eigenvalue weighted by Gasteiger charge is 2.27. The van der Waals surface area contributed by atoms with Gasteiger partial charge in [-0.2, -0.15) is 0 Å². The van der Waals surface area contributed by atoms with Crippen molar-refractivity contribution in [3.63, 3.8) is 0 Å². The molecule has 1 aliphatic rings. The first kappa shape index (κ1) is 10.9. The minimum absolute atomic E-state index is 0.151. The number of ether oxygens (including phenoxy) is 1. The minimum atomic E-state index is -0.273. The largest absolute Gasteiger partial charge is 0.422 e. The molecule has 0 spiro atoms. The Balaban J connectivity index is 2.40. The average molecular weight is 218 g/mol. The highest BCUT2D eigenvalue weighted by Crippen LogP contribution is 2.36. The van der Waals surface area contributed by atoms with Gasteiger partial charge < -0.3 is 9.53 Å². The van der Waals surface area contributed by atoms with Crippen molar-refractivity contribution in [1.82, 2.24) is 0 Å². The topological polar surface area (TPSA) is 43.4 Å². The van der Waals surface area contributed by atoms with E-state index in [1.54, 1.807) is 6.92 Å². The van der Waals surface area contributed by atoms with E-state index in [0.29, 0.717) is 24.2 Å². The van der Waals surface area contributed by atoms with Crippen molar-refractivity contribution in [2.24, 2.45) is 0 Å². The van der Waals surface area contributed by atoms with Gasteiger partial charge in [0.1, 0.15) is 11.5 Å². The predicted molar refractivity (Wildman–Crippen MR) is 59.9 cm³/mol. The second-order valence-corrected chi connectivity index (χ2v) is 4.27. The molecule has 16 heavy (non-hydrogen) atoms. The van der Waals surface area contributed by atoms with E-state index in [9.17, 15) is 9.59 Å². The summed E-state index contributed by atoms with van der Waals surface area (Å²) in [6.45, 7) is 5.40. The van der Waals surface area contributed by atoms with Gasteiger partial charge in [0.25, 0.3) is 0 Å². The first-order chi connectivity index (χ1) is 7.50. The Hall–Kier alpha value is -1.64. The van der Waals surface area contributed by atoms with Gasteiger partial charge in [-0.3, -0.25) is 0 Å². The second kappa shape index (κ2) is 3.74. The Morgan fingerprint density at radius 2 is 2.06 bits per heavy atom. The summed E-state index contributed by atoms with van der Waals surface area (Å²) in [5, 5.41) is 0. The molecule has 0 radical (unpaired) electrons. The van der Waals surface area contributed by atoms with Gasteiger partial charge in [0, 0.05) is 12.0 Å². The molecular formula is C13H14O3. The number of hydrogen-bond donors (Lipinski definition) is 0. The molecule has 3 nitrogen and oxygen atoms in total. The molecule has 2 bridgehead atoms. The summed E-state index contributed by atoms with van der Waals surface area (Å²) in [4.78, 5) is 22.5. The van der Waals surface area contributed by atoms with Crippen LogP contribution in [0, 0.1) is 13.8 Å². The van der Waals surface area contributed by atoms with Crippen LogP contribution in [-0.4, -0.2) is 11.8 Å². The fourth-order valence-corrected chi connectivity index (χ4v) is 2.05. The molecule has 2 rings (SSSR count). The third kappa shape index (κ3) is 1.62. The van der Waals surface area contributed by atoms with Gasteiger partial charge in [-0.25, -0.2) is 4.79 Å². The van der Waals surface area contributed by atoms with Crippen molar-refractivity contribution in [2.45, 2.75) is 33.6 Å². The van der Waals surface area contributed by atoms with Crippen LogP contribution in [0.4, 0.5) is 0 Å². The second-order valence-electron chi connectivity index (χ2n) is 4.27. The summed E-state index contributed by atoms with van der Waals surface area (Å²) in [6.07, 6.45) is 1.13. The summed E-state index contributed by atoms with van der Waals surface area (Å²) in [5.74, 6) is 0.545. The predicted octanol–water partition coefficient (Wildman–Crippen LogP) is 2.36. The third-order valence-corrected chi connectivity index (χ3v) is 3.00. The summed E-state index contributed by atoms with van der Waals surface area (Å²) in [6, 6.07) is 1.85. The highest BCUT2D eigenvalue weighted by molar-refractivity contribution is 5.98. The number of carbonyl (C=O) groups excluding carboxylic acids is 2. The molecule has 0 aliphatic carbocycles. The van der Waals surface area contributed by atoms with Crippen molar-refractivity contribution in [3.05, 3.63) is 28.3 Å². The molecular weight excluding hydrogens is 204 g/mol. The Morgan fingerprint density at radius 3 is 2.69 bits per heavy atom. The first-order valence-corrected chi connectivity index (χ1v) is 5.35. The summed E-state index contributed by atoms with van der Waals surface area (Å²) in [5.41, 5.74) is 3.57. The average Bonchev–Trinajstić information content (AvgIpc) is 2.41. The van der Waals surface area contributed by atoms with E-state index < -0.39 is 0 Å². The van der Waals surface area contributed by atoms with E-state index in [4.69, 9.17) is 4.74 Å². The fourth-order valence-electron chi connectivity index (χ4n) is 2.05. The van der Waals surface area contributed by atoms with Gasteiger partial charge >= 0.3 is 5.97 Å². The smallest absolute Gasteiger partial charge is 0.343 e. The van der Waals surface area contributed by atoms with Crippen LogP contribution >= 0.6 is 0 Å². The standard InChI is InChI=1S/C13H14O3/c1-7-6-11-9(3)12(16-13(11)15)10(7)5-4-8(2)14/h6H,4-5H2,1-3H3. The van der Waals surface area contributed by atoms with Gasteiger partial charge in [-0.15, -0.1) is 0 Å². The number of carbonyl (C=O) groups is 2. The van der Waals surface area contributed by atoms with Crippen LogP contribution in [-0.2, 0) is 11.2 Å². The lowest BCUT2D eigenvalue weighted by molar-refractivity contribution is -0.116. The van der Waals surface area contributed by atoms with Crippen LogP contribution < -0.4 is 4.74 Å². The van der Waals surface area contributed by atoms with Gasteiger partial charge in [0.15, 0.2) is 0 Å². The Morgan fingerprint density at radius 1 is 1.38 bits per heavy atom. The maximum Gasteiger partial charge on any atom is 0.343 e. The third-order valence-electron chi connectivity index (χ3n) is 3.00. The molecule has 1 aliphatic heterocycles. The molecule has 0 aromatic heterocycles. The quantitative estimate of drug-likeness (QED) is 0.731. The number of aryl methyl sites for hydroxylation is 1. The fraction of sp³-hybridized carbons (Fsp3) is 0.385. The molecule has 0 unspecified atom stereocenters. The van der Waals surface area contributed by atoms with Crippen molar-refractivity contribution >= 4 is 11.8 Å². The molecule has 0 N–H and O–H groups in total. The lowest BCUT2D eigenvalue weighted by Crippen LogP contribution is -2.00. The number of fused-ring (bicyclic) bond motifs is 2. The summed E-state index contributed by atoms with van der Waals surface area (Å²) < 4.78 is 5.22. The molecule has 1 aromatic carbocycles. The number of Topliss-reactive ketones (excluding diaryl/α,β-unsaturated/α-hetero) is 1. The van der Waals surface area contributed by atoms with E-state index in [1.165, 1.54) is 0 Å². The molecule has 0 saturated carbocycles. The summed E-state index contributed by atoms with van der Waals surface area (Å²) >= 11 is 0. The zero-order chi connectivity index (χ0) is 11.9. The molecule has 1 heterocycles. The zero-order valence-corrected chi connectivity index (χ0v) is 9.72. The molecule has 84 valence electrons. The maximum absolute atomic E-state index is 11.5. The summed E-state index contributed by atoms with van der Waals surface area (Å²) in [7, 11) is 0. The van der Waals surface area contributed by atoms with E-state index in [2.05, 4.69) is 0 Å². The van der Waals surface area contributed by atoms with Gasteiger partial charge in [-0.1, -0.05) is 0 Å². The van der Waals surface area contributed by atoms with Gasteiger partial charge in [0.05, 0.1) is 5.56 Å². The Bertz CT molecular complexity index is 486. The lowest BCUT2D eigenvalue weighted by Gasteiger charge is -2.08. The number of benzene rings is 1. The SMILES string of the molecule is CC(=O)CCc1c(C)cc2c(C)c1OC2=O. The van der Waals surface area contributed by atoms with Crippen LogP contribution in [0.3, 0.4) is 0 Å². The lowest BCUT2D eigenvalue weighted by atomic mass is 9.96. The monoisotopic (exact) mass is 218 g/mol. The minimum Gasteiger partial charge on any atom is -0.422 e. The number of rotatable bonds is 3. The van der Waals surface area contributed by atoms with Crippen LogP contribution in [0.5, 0.6) is 5.75 Å². The van der Waals surface area contributed by atoms with Gasteiger partial charge in [-0.05, 0) is 44.4 Å². The van der Waals surface area contributed by atoms with E-state index in [1.807, 2.05) is 19.9 Å². The molecule has 0 saturated heterocycles. The van der Waals surface area contributed by atoms with Crippen molar-refractivity contribution in [1.29, 1.82) is 0 Å². The molecule has 1 aromatic rings. The van der Waals surface area contributed by atoms with Crippen LogP contribution in [0.25, 0.3) is 0 Å². The van der Waals surface area contributed by atoms with E-state index in [0.717, 1.165) is 16.7 Å².